The molecule has 0 aliphatic heterocycles. The fraction of sp³-hybridized carbons (Fsp3) is 0.364. The van der Waals surface area contributed by atoms with Crippen molar-refractivity contribution >= 4 is 23.4 Å². The summed E-state index contributed by atoms with van der Waals surface area (Å²) in [7, 11) is 1.58. The molecule has 5 nitrogen and oxygen atoms in total. The van der Waals surface area contributed by atoms with Crippen LogP contribution in [0.4, 0.5) is 14.5 Å². The quantitative estimate of drug-likeness (QED) is 0.186. The van der Waals surface area contributed by atoms with Gasteiger partial charge >= 0.3 is 0 Å². The predicted octanol–water partition coefficient (Wildman–Crippen LogP) is 1.88. The lowest BCUT2D eigenvalue weighted by atomic mass is 10.3. The summed E-state index contributed by atoms with van der Waals surface area (Å²) < 4.78 is 29.2. The molecule has 0 radical (unpaired) electrons. The van der Waals surface area contributed by atoms with Crippen molar-refractivity contribution in [3.05, 3.63) is 24.3 Å². The van der Waals surface area contributed by atoms with Crippen molar-refractivity contribution < 1.29 is 13.5 Å². The number of methoxy groups -OCH3 is 1. The van der Waals surface area contributed by atoms with Crippen molar-refractivity contribution in [1.29, 1.82) is 0 Å². The first-order valence-corrected chi connectivity index (χ1v) is 6.35. The number of benzene rings is 1. The standard InChI is InChI=1S/C11H16F2N4OS/c1-18-7-6-15-11(17-14)16-8-2-4-9(5-3-8)19-10(12)13/h2-5,10H,6-7,14H2,1H3,(H2,15,16,17). The lowest BCUT2D eigenvalue weighted by molar-refractivity contribution is 0.208. The Morgan fingerprint density at radius 1 is 1.42 bits per heavy atom. The molecule has 0 aromatic heterocycles. The lowest BCUT2D eigenvalue weighted by Gasteiger charge is -2.09. The van der Waals surface area contributed by atoms with E-state index in [2.05, 4.69) is 15.7 Å². The number of alkyl halides is 2. The Bertz CT molecular complexity index is 400. The van der Waals surface area contributed by atoms with Gasteiger partial charge < -0.3 is 10.1 Å². The molecule has 1 rings (SSSR count). The summed E-state index contributed by atoms with van der Waals surface area (Å²) in [6.45, 7) is 0.944. The number of rotatable bonds is 6. The van der Waals surface area contributed by atoms with Crippen molar-refractivity contribution in [2.45, 2.75) is 10.7 Å². The summed E-state index contributed by atoms with van der Waals surface area (Å²) in [5.41, 5.74) is 3.12. The molecule has 1 aromatic rings. The predicted molar refractivity (Wildman–Crippen MR) is 73.4 cm³/mol. The average Bonchev–Trinajstić information content (AvgIpc) is 2.39. The minimum atomic E-state index is -2.42. The van der Waals surface area contributed by atoms with Crippen LogP contribution in [0.2, 0.25) is 0 Å². The van der Waals surface area contributed by atoms with Gasteiger partial charge in [0.15, 0.2) is 0 Å². The van der Waals surface area contributed by atoms with E-state index < -0.39 is 5.76 Å². The van der Waals surface area contributed by atoms with Crippen LogP contribution in [0.1, 0.15) is 0 Å². The molecule has 0 saturated carbocycles. The topological polar surface area (TPSA) is 71.7 Å². The van der Waals surface area contributed by atoms with Crippen LogP contribution in [-0.4, -0.2) is 32.0 Å². The van der Waals surface area contributed by atoms with Crippen LogP contribution in [-0.2, 0) is 4.74 Å². The van der Waals surface area contributed by atoms with Crippen LogP contribution >= 0.6 is 11.8 Å². The molecular weight excluding hydrogens is 274 g/mol. The molecule has 1 aromatic carbocycles. The third-order valence-electron chi connectivity index (χ3n) is 2.04. The number of nitrogens with one attached hydrogen (secondary N) is 2. The van der Waals surface area contributed by atoms with Crippen LogP contribution in [0, 0.1) is 0 Å². The van der Waals surface area contributed by atoms with Gasteiger partial charge in [0.2, 0.25) is 5.96 Å². The van der Waals surface area contributed by atoms with Gasteiger partial charge in [-0.1, -0.05) is 11.8 Å². The van der Waals surface area contributed by atoms with Crippen LogP contribution in [0.3, 0.4) is 0 Å². The highest BCUT2D eigenvalue weighted by Crippen LogP contribution is 2.26. The third-order valence-corrected chi connectivity index (χ3v) is 2.77. The van der Waals surface area contributed by atoms with Crippen molar-refractivity contribution in [1.82, 2.24) is 5.43 Å². The minimum Gasteiger partial charge on any atom is -0.383 e. The van der Waals surface area contributed by atoms with Gasteiger partial charge in [-0.05, 0) is 24.3 Å². The van der Waals surface area contributed by atoms with E-state index in [1.54, 1.807) is 31.4 Å². The van der Waals surface area contributed by atoms with E-state index in [-0.39, 0.29) is 0 Å². The number of nitrogens with zero attached hydrogens (tertiary/aromatic N) is 1. The summed E-state index contributed by atoms with van der Waals surface area (Å²) in [4.78, 5) is 4.62. The van der Waals surface area contributed by atoms with Crippen LogP contribution < -0.4 is 16.6 Å². The van der Waals surface area contributed by atoms with Gasteiger partial charge in [-0.2, -0.15) is 8.78 Å². The number of ether oxygens (including phenoxy) is 1. The van der Waals surface area contributed by atoms with E-state index in [4.69, 9.17) is 10.6 Å². The van der Waals surface area contributed by atoms with Crippen LogP contribution in [0.15, 0.2) is 34.2 Å². The number of guanidine groups is 1. The minimum absolute atomic E-state index is 0.381. The monoisotopic (exact) mass is 290 g/mol. The second-order valence-electron chi connectivity index (χ2n) is 3.40. The molecule has 106 valence electrons. The lowest BCUT2D eigenvalue weighted by Crippen LogP contribution is -2.36. The fourth-order valence-electron chi connectivity index (χ4n) is 1.23. The zero-order chi connectivity index (χ0) is 14.1. The van der Waals surface area contributed by atoms with Crippen LogP contribution in [0.25, 0.3) is 0 Å². The molecule has 0 spiro atoms. The number of hydrogen-bond donors (Lipinski definition) is 3. The Labute approximate surface area is 114 Å². The van der Waals surface area contributed by atoms with Gasteiger partial charge in [0, 0.05) is 17.7 Å². The summed E-state index contributed by atoms with van der Waals surface area (Å²) in [5.74, 6) is 3.27. The number of halogens is 2. The Kier molecular flexibility index (Phi) is 7.16. The molecule has 0 heterocycles. The zero-order valence-electron chi connectivity index (χ0n) is 10.4. The van der Waals surface area contributed by atoms with E-state index in [0.717, 1.165) is 0 Å². The van der Waals surface area contributed by atoms with Crippen molar-refractivity contribution in [3.63, 3.8) is 0 Å². The summed E-state index contributed by atoms with van der Waals surface area (Å²) in [6, 6.07) is 6.55. The first kappa shape index (κ1) is 15.7. The first-order chi connectivity index (χ1) is 9.15. The second kappa shape index (κ2) is 8.68. The molecule has 0 bridgehead atoms. The molecule has 4 N–H and O–H groups in total. The van der Waals surface area contributed by atoms with Crippen molar-refractivity contribution in [3.8, 4) is 0 Å². The second-order valence-corrected chi connectivity index (χ2v) is 4.46. The van der Waals surface area contributed by atoms with Gasteiger partial charge in [-0.3, -0.25) is 5.43 Å². The van der Waals surface area contributed by atoms with Crippen LogP contribution in [0.5, 0.6) is 0 Å². The number of hydrogen-bond acceptors (Lipinski definition) is 4. The summed E-state index contributed by atoms with van der Waals surface area (Å²) >= 11 is 0.500. The largest absolute Gasteiger partial charge is 0.383 e. The molecule has 8 heteroatoms. The maximum absolute atomic E-state index is 12.1. The number of nitrogens with two attached hydrogens (primary N) is 1. The molecule has 0 aliphatic rings. The van der Waals surface area contributed by atoms with Gasteiger partial charge in [0.1, 0.15) is 0 Å². The summed E-state index contributed by atoms with van der Waals surface area (Å²) in [5, 5.41) is 2.93. The highest BCUT2D eigenvalue weighted by atomic mass is 32.2. The molecule has 0 atom stereocenters. The van der Waals surface area contributed by atoms with E-state index >= 15 is 0 Å². The molecule has 0 aliphatic carbocycles. The van der Waals surface area contributed by atoms with Crippen molar-refractivity contribution in [2.75, 3.05) is 25.6 Å². The molecule has 0 saturated heterocycles. The fourth-order valence-corrected chi connectivity index (χ4v) is 1.73. The molecular formula is C11H16F2N4OS. The SMILES string of the molecule is COCCN=C(NN)Nc1ccc(SC(F)F)cc1. The van der Waals surface area contributed by atoms with Gasteiger partial charge in [-0.25, -0.2) is 10.8 Å². The highest BCUT2D eigenvalue weighted by molar-refractivity contribution is 7.99. The smallest absolute Gasteiger partial charge is 0.288 e. The van der Waals surface area contributed by atoms with E-state index in [9.17, 15) is 8.78 Å². The van der Waals surface area contributed by atoms with E-state index in [0.29, 0.717) is 41.5 Å². The Hall–Kier alpha value is -1.38. The van der Waals surface area contributed by atoms with Crippen molar-refractivity contribution in [2.24, 2.45) is 10.8 Å². The summed E-state index contributed by atoms with van der Waals surface area (Å²) in [6.07, 6.45) is 0. The van der Waals surface area contributed by atoms with Gasteiger partial charge in [-0.15, -0.1) is 0 Å². The Balaban J connectivity index is 2.57. The average molecular weight is 290 g/mol. The number of thioether (sulfide) groups is 1. The number of anilines is 1. The maximum atomic E-state index is 12.1. The molecule has 0 unspecified atom stereocenters. The molecule has 0 fully saturated rings. The normalized spacial score (nSPS) is 11.7. The van der Waals surface area contributed by atoms with Gasteiger partial charge in [0.05, 0.1) is 13.2 Å². The Morgan fingerprint density at radius 3 is 2.63 bits per heavy atom. The maximum Gasteiger partial charge on any atom is 0.288 e. The first-order valence-electron chi connectivity index (χ1n) is 5.47. The van der Waals surface area contributed by atoms with E-state index in [1.165, 1.54) is 0 Å². The van der Waals surface area contributed by atoms with Gasteiger partial charge in [0.25, 0.3) is 5.76 Å². The number of hydrazine groups is 1. The molecule has 0 amide bonds. The molecule has 19 heavy (non-hydrogen) atoms. The zero-order valence-corrected chi connectivity index (χ0v) is 11.2. The third kappa shape index (κ3) is 6.37. The van der Waals surface area contributed by atoms with E-state index in [1.807, 2.05) is 0 Å². The Morgan fingerprint density at radius 2 is 2.11 bits per heavy atom. The highest BCUT2D eigenvalue weighted by Gasteiger charge is 2.05. The number of aliphatic imine (C=N–C) groups is 1.